The van der Waals surface area contributed by atoms with E-state index in [1.807, 2.05) is 11.3 Å². The van der Waals surface area contributed by atoms with Crippen molar-refractivity contribution >= 4 is 11.3 Å². The third kappa shape index (κ3) is 2.15. The summed E-state index contributed by atoms with van der Waals surface area (Å²) in [5.41, 5.74) is 8.52. The summed E-state index contributed by atoms with van der Waals surface area (Å²) in [5, 5.41) is 0. The lowest BCUT2D eigenvalue weighted by atomic mass is 9.79. The first-order chi connectivity index (χ1) is 8.36. The van der Waals surface area contributed by atoms with E-state index in [4.69, 9.17) is 5.73 Å². The highest BCUT2D eigenvalue weighted by molar-refractivity contribution is 7.15. The minimum atomic E-state index is 0.646. The Hall–Kier alpha value is -1.12. The molecule has 2 aromatic rings. The number of thiophene rings is 1. The lowest BCUT2D eigenvalue weighted by Crippen LogP contribution is -2.08. The summed E-state index contributed by atoms with van der Waals surface area (Å²) >= 11 is 1.81. The van der Waals surface area contributed by atoms with E-state index in [1.165, 1.54) is 40.1 Å². The van der Waals surface area contributed by atoms with Gasteiger partial charge >= 0.3 is 0 Å². The summed E-state index contributed by atoms with van der Waals surface area (Å²) in [6, 6.07) is 13.3. The van der Waals surface area contributed by atoms with Crippen molar-refractivity contribution in [2.45, 2.75) is 31.7 Å². The molecule has 1 heterocycles. The predicted octanol–water partition coefficient (Wildman–Crippen LogP) is 4.14. The maximum atomic E-state index is 5.66. The molecule has 3 rings (SSSR count). The molecular formula is C15H17NS. The maximum Gasteiger partial charge on any atom is 0.0346 e. The molecule has 1 aromatic carbocycles. The summed E-state index contributed by atoms with van der Waals surface area (Å²) in [7, 11) is 0. The van der Waals surface area contributed by atoms with Crippen LogP contribution in [0, 0.1) is 0 Å². The maximum absolute atomic E-state index is 5.66. The van der Waals surface area contributed by atoms with E-state index in [9.17, 15) is 0 Å². The van der Waals surface area contributed by atoms with E-state index in [0.717, 1.165) is 5.92 Å². The van der Waals surface area contributed by atoms with Gasteiger partial charge in [-0.05, 0) is 42.0 Å². The minimum absolute atomic E-state index is 0.646. The van der Waals surface area contributed by atoms with Gasteiger partial charge in [-0.3, -0.25) is 0 Å². The molecule has 0 aliphatic heterocycles. The van der Waals surface area contributed by atoms with Crippen LogP contribution in [0.4, 0.5) is 0 Å². The Labute approximate surface area is 106 Å². The van der Waals surface area contributed by atoms with Crippen LogP contribution in [-0.4, -0.2) is 0 Å². The molecule has 0 atom stereocenters. The van der Waals surface area contributed by atoms with Gasteiger partial charge in [0, 0.05) is 16.3 Å². The van der Waals surface area contributed by atoms with Crippen molar-refractivity contribution in [1.82, 2.24) is 0 Å². The smallest absolute Gasteiger partial charge is 0.0346 e. The van der Waals surface area contributed by atoms with E-state index in [1.54, 1.807) is 0 Å². The Morgan fingerprint density at radius 3 is 2.71 bits per heavy atom. The quantitative estimate of drug-likeness (QED) is 0.861. The number of hydrogen-bond donors (Lipinski definition) is 1. The summed E-state index contributed by atoms with van der Waals surface area (Å²) in [4.78, 5) is 2.60. The molecule has 1 nitrogen and oxygen atoms in total. The molecule has 1 aromatic heterocycles. The first-order valence-electron chi connectivity index (χ1n) is 6.26. The minimum Gasteiger partial charge on any atom is -0.326 e. The van der Waals surface area contributed by atoms with Crippen molar-refractivity contribution in [2.75, 3.05) is 0 Å². The van der Waals surface area contributed by atoms with Gasteiger partial charge < -0.3 is 5.73 Å². The van der Waals surface area contributed by atoms with Crippen LogP contribution in [0.5, 0.6) is 0 Å². The molecule has 2 N–H and O–H groups in total. The summed E-state index contributed by atoms with van der Waals surface area (Å²) in [6.45, 7) is 0.646. The van der Waals surface area contributed by atoms with Gasteiger partial charge in [0.15, 0.2) is 0 Å². The first kappa shape index (κ1) is 11.0. The number of rotatable bonds is 3. The zero-order valence-electron chi connectivity index (χ0n) is 9.86. The van der Waals surface area contributed by atoms with Gasteiger partial charge in [0.2, 0.25) is 0 Å². The summed E-state index contributed by atoms with van der Waals surface area (Å²) in [5.74, 6) is 0.809. The largest absolute Gasteiger partial charge is 0.326 e. The second-order valence-electron chi connectivity index (χ2n) is 4.72. The zero-order chi connectivity index (χ0) is 11.7. The Bertz CT molecular complexity index is 511. The van der Waals surface area contributed by atoms with Crippen molar-refractivity contribution in [3.8, 4) is 10.4 Å². The molecule has 0 unspecified atom stereocenters. The van der Waals surface area contributed by atoms with Crippen LogP contribution in [0.15, 0.2) is 36.4 Å². The van der Waals surface area contributed by atoms with E-state index in [0.29, 0.717) is 6.54 Å². The molecule has 1 fully saturated rings. The number of benzene rings is 1. The molecule has 1 saturated carbocycles. The lowest BCUT2D eigenvalue weighted by molar-refractivity contribution is 0.420. The van der Waals surface area contributed by atoms with Gasteiger partial charge in [-0.25, -0.2) is 0 Å². The third-order valence-corrected chi connectivity index (χ3v) is 4.77. The lowest BCUT2D eigenvalue weighted by Gasteiger charge is -2.26. The average Bonchev–Trinajstić information content (AvgIpc) is 2.75. The van der Waals surface area contributed by atoms with Crippen LogP contribution in [0.25, 0.3) is 10.4 Å². The molecule has 17 heavy (non-hydrogen) atoms. The molecule has 2 heteroatoms. The van der Waals surface area contributed by atoms with Crippen LogP contribution in [-0.2, 0) is 6.54 Å². The molecule has 88 valence electrons. The fourth-order valence-corrected chi connectivity index (χ4v) is 3.21. The van der Waals surface area contributed by atoms with E-state index in [2.05, 4.69) is 36.4 Å². The Morgan fingerprint density at radius 1 is 1.18 bits per heavy atom. The highest BCUT2D eigenvalue weighted by Gasteiger charge is 2.19. The van der Waals surface area contributed by atoms with E-state index < -0.39 is 0 Å². The van der Waals surface area contributed by atoms with Crippen molar-refractivity contribution in [3.63, 3.8) is 0 Å². The van der Waals surface area contributed by atoms with Crippen LogP contribution >= 0.6 is 11.3 Å². The van der Waals surface area contributed by atoms with Crippen LogP contribution in [0.1, 0.15) is 35.6 Å². The zero-order valence-corrected chi connectivity index (χ0v) is 10.7. The molecule has 1 aliphatic carbocycles. The highest BCUT2D eigenvalue weighted by Crippen LogP contribution is 2.38. The van der Waals surface area contributed by atoms with Crippen LogP contribution in [0.3, 0.4) is 0 Å². The average molecular weight is 243 g/mol. The summed E-state index contributed by atoms with van der Waals surface area (Å²) in [6.07, 6.45) is 4.12. The fraction of sp³-hybridized carbons (Fsp3) is 0.333. The standard InChI is InChI=1S/C15H17NS/c16-10-14-7-8-15(17-14)13-6-2-5-12(9-13)11-3-1-4-11/h2,5-9,11H,1,3-4,10,16H2. The normalized spacial score (nSPS) is 15.8. The van der Waals surface area contributed by atoms with E-state index in [-0.39, 0.29) is 0 Å². The molecule has 0 amide bonds. The van der Waals surface area contributed by atoms with Gasteiger partial charge in [-0.1, -0.05) is 30.7 Å². The summed E-state index contributed by atoms with van der Waals surface area (Å²) < 4.78 is 0. The van der Waals surface area contributed by atoms with Crippen LogP contribution < -0.4 is 5.73 Å². The van der Waals surface area contributed by atoms with Crippen molar-refractivity contribution in [3.05, 3.63) is 46.8 Å². The second kappa shape index (κ2) is 4.63. The molecule has 1 aliphatic rings. The second-order valence-corrected chi connectivity index (χ2v) is 5.89. The Balaban J connectivity index is 1.91. The molecule has 0 radical (unpaired) electrons. The number of hydrogen-bond acceptors (Lipinski definition) is 2. The topological polar surface area (TPSA) is 26.0 Å². The predicted molar refractivity (Wildman–Crippen MR) is 74.2 cm³/mol. The van der Waals surface area contributed by atoms with Gasteiger partial charge in [-0.15, -0.1) is 11.3 Å². The Morgan fingerprint density at radius 2 is 2.06 bits per heavy atom. The van der Waals surface area contributed by atoms with Gasteiger partial charge in [0.25, 0.3) is 0 Å². The van der Waals surface area contributed by atoms with Gasteiger partial charge in [0.05, 0.1) is 0 Å². The number of nitrogens with two attached hydrogens (primary N) is 1. The highest BCUT2D eigenvalue weighted by atomic mass is 32.1. The van der Waals surface area contributed by atoms with Gasteiger partial charge in [0.1, 0.15) is 0 Å². The van der Waals surface area contributed by atoms with Gasteiger partial charge in [-0.2, -0.15) is 0 Å². The third-order valence-electron chi connectivity index (χ3n) is 3.61. The molecular weight excluding hydrogens is 226 g/mol. The fourth-order valence-electron chi connectivity index (χ4n) is 2.33. The van der Waals surface area contributed by atoms with Crippen molar-refractivity contribution in [1.29, 1.82) is 0 Å². The Kier molecular flexibility index (Phi) is 3.00. The van der Waals surface area contributed by atoms with E-state index >= 15 is 0 Å². The molecule has 0 saturated heterocycles. The molecule has 0 bridgehead atoms. The van der Waals surface area contributed by atoms with Crippen molar-refractivity contribution in [2.24, 2.45) is 5.73 Å². The van der Waals surface area contributed by atoms with Crippen molar-refractivity contribution < 1.29 is 0 Å². The SMILES string of the molecule is NCc1ccc(-c2cccc(C3CCC3)c2)s1. The molecule has 0 spiro atoms. The monoisotopic (exact) mass is 243 g/mol. The van der Waals surface area contributed by atoms with Crippen LogP contribution in [0.2, 0.25) is 0 Å². The first-order valence-corrected chi connectivity index (χ1v) is 7.07.